The van der Waals surface area contributed by atoms with Crippen LogP contribution in [0.5, 0.6) is 11.5 Å². The zero-order valence-electron chi connectivity index (χ0n) is 26.5. The normalized spacial score (nSPS) is 12.1. The molecule has 50 heavy (non-hydrogen) atoms. The molecular weight excluding hydrogens is 703 g/mol. The predicted molar refractivity (Wildman–Crippen MR) is 177 cm³/mol. The third-order valence-electron chi connectivity index (χ3n) is 7.26. The van der Waals surface area contributed by atoms with Gasteiger partial charge in [-0.05, 0) is 58.3 Å². The second-order valence-corrected chi connectivity index (χ2v) is 13.1. The molecule has 0 aliphatic heterocycles. The first kappa shape index (κ1) is 39.0. The Kier molecular flexibility index (Phi) is 12.5. The molecule has 12 nitrogen and oxygen atoms in total. The summed E-state index contributed by atoms with van der Waals surface area (Å²) in [6, 6.07) is 27.8. The van der Waals surface area contributed by atoms with E-state index in [-0.39, 0.29) is 104 Å². The summed E-state index contributed by atoms with van der Waals surface area (Å²) >= 11 is 0. The monoisotopic (exact) mass is 724 g/mol. The number of rotatable bonds is 8. The molecule has 0 fully saturated rings. The maximum atomic E-state index is 12.2. The van der Waals surface area contributed by atoms with E-state index in [0.29, 0.717) is 10.8 Å². The molecule has 0 amide bonds. The van der Waals surface area contributed by atoms with Crippen molar-refractivity contribution < 1.29 is 95.3 Å². The Hall–Kier alpha value is -3.80. The van der Waals surface area contributed by atoms with Gasteiger partial charge in [0.2, 0.25) is 0 Å². The third-order valence-corrected chi connectivity index (χ3v) is 9.05. The number of benzene rings is 6. The van der Waals surface area contributed by atoms with Crippen molar-refractivity contribution in [1.29, 1.82) is 0 Å². The van der Waals surface area contributed by atoms with Crippen molar-refractivity contribution in [3.63, 3.8) is 0 Å². The molecule has 6 rings (SSSR count). The Bertz CT molecular complexity index is 2380. The van der Waals surface area contributed by atoms with E-state index in [2.05, 4.69) is 20.5 Å². The average molecular weight is 725 g/mol. The van der Waals surface area contributed by atoms with Crippen LogP contribution >= 0.6 is 0 Å². The summed E-state index contributed by atoms with van der Waals surface area (Å²) < 4.78 is 73.2. The number of fused-ring (bicyclic) bond motifs is 2. The number of phenols is 2. The topological polar surface area (TPSA) is 204 Å². The van der Waals surface area contributed by atoms with Crippen LogP contribution < -0.4 is 59.1 Å². The molecule has 0 bridgehead atoms. The van der Waals surface area contributed by atoms with Gasteiger partial charge < -0.3 is 19.3 Å². The van der Waals surface area contributed by atoms with Gasteiger partial charge in [-0.1, -0.05) is 84.9 Å². The number of azo groups is 2. The minimum Gasteiger partial charge on any atom is -0.744 e. The zero-order valence-corrected chi connectivity index (χ0v) is 32.1. The fraction of sp³-hybridized carbons (Fsp3) is 0. The molecule has 0 saturated carbocycles. The van der Waals surface area contributed by atoms with Crippen LogP contribution in [0.4, 0.5) is 22.7 Å². The van der Waals surface area contributed by atoms with E-state index in [1.165, 1.54) is 48.6 Å². The number of hydrogen-bond donors (Lipinski definition) is 2. The maximum Gasteiger partial charge on any atom is 1.00 e. The first-order valence-corrected chi connectivity index (χ1v) is 16.8. The van der Waals surface area contributed by atoms with Gasteiger partial charge >= 0.3 is 59.1 Å². The SMILES string of the molecule is O=S(=O)([O-])c1cc(N=Nc2c(O)ccc3ccccc23)ccc1/C=C\c1ccc(N=Nc2c(O)ccc3ccccc23)cc1S(=O)(=O)[O-].[Na+].[Na+]. The number of nitrogens with zero attached hydrogens (tertiary/aromatic N) is 4. The number of hydrogen-bond acceptors (Lipinski definition) is 12. The third kappa shape index (κ3) is 8.73. The zero-order chi connectivity index (χ0) is 34.1. The molecule has 0 unspecified atom stereocenters. The van der Waals surface area contributed by atoms with Gasteiger partial charge in [0.1, 0.15) is 43.1 Å². The van der Waals surface area contributed by atoms with Crippen molar-refractivity contribution in [2.45, 2.75) is 9.79 Å². The summed E-state index contributed by atoms with van der Waals surface area (Å²) in [6.45, 7) is 0. The van der Waals surface area contributed by atoms with E-state index < -0.39 is 30.0 Å². The summed E-state index contributed by atoms with van der Waals surface area (Å²) in [5.74, 6) is -0.311. The first-order valence-electron chi connectivity index (χ1n) is 14.0. The van der Waals surface area contributed by atoms with Crippen molar-refractivity contribution >= 4 is 76.7 Å². The fourth-order valence-electron chi connectivity index (χ4n) is 4.97. The van der Waals surface area contributed by atoms with Gasteiger partial charge in [-0.2, -0.15) is 10.2 Å². The fourth-order valence-corrected chi connectivity index (χ4v) is 6.35. The minimum atomic E-state index is -5.06. The Morgan fingerprint density at radius 3 is 1.26 bits per heavy atom. The van der Waals surface area contributed by atoms with Gasteiger partial charge in [-0.15, -0.1) is 10.2 Å². The molecule has 0 heterocycles. The summed E-state index contributed by atoms with van der Waals surface area (Å²) in [7, 11) is -10.1. The van der Waals surface area contributed by atoms with Gasteiger partial charge in [-0.25, -0.2) is 16.8 Å². The minimum absolute atomic E-state index is 0. The van der Waals surface area contributed by atoms with Crippen molar-refractivity contribution in [2.24, 2.45) is 20.5 Å². The average Bonchev–Trinajstić information content (AvgIpc) is 3.06. The van der Waals surface area contributed by atoms with Crippen LogP contribution in [-0.2, 0) is 20.2 Å². The molecule has 0 spiro atoms. The van der Waals surface area contributed by atoms with E-state index in [1.54, 1.807) is 36.4 Å². The first-order chi connectivity index (χ1) is 22.9. The van der Waals surface area contributed by atoms with E-state index in [0.717, 1.165) is 22.9 Å². The molecule has 0 aliphatic carbocycles. The van der Waals surface area contributed by atoms with Crippen LogP contribution in [0.1, 0.15) is 11.1 Å². The summed E-state index contributed by atoms with van der Waals surface area (Å²) in [6.07, 6.45) is 2.34. The number of phenolic OH excluding ortho intramolecular Hbond substituents is 2. The van der Waals surface area contributed by atoms with E-state index in [4.69, 9.17) is 0 Å². The van der Waals surface area contributed by atoms with Gasteiger partial charge in [0.25, 0.3) is 0 Å². The summed E-state index contributed by atoms with van der Waals surface area (Å²) in [5, 5.41) is 39.6. The van der Waals surface area contributed by atoms with Crippen LogP contribution in [0.3, 0.4) is 0 Å². The van der Waals surface area contributed by atoms with Crippen molar-refractivity contribution in [3.8, 4) is 11.5 Å². The smallest absolute Gasteiger partial charge is 0.744 e. The van der Waals surface area contributed by atoms with E-state index >= 15 is 0 Å². The molecule has 6 aromatic carbocycles. The van der Waals surface area contributed by atoms with E-state index in [9.17, 15) is 36.2 Å². The Morgan fingerprint density at radius 1 is 0.500 bits per heavy atom. The molecule has 16 heteroatoms. The molecule has 0 atom stereocenters. The van der Waals surface area contributed by atoms with Crippen molar-refractivity contribution in [3.05, 3.63) is 120 Å². The molecule has 2 N–H and O–H groups in total. The maximum absolute atomic E-state index is 12.2. The predicted octanol–water partition coefficient (Wildman–Crippen LogP) is 2.22. The second-order valence-electron chi connectivity index (χ2n) is 10.4. The molecule has 0 saturated heterocycles. The largest absolute Gasteiger partial charge is 1.00 e. The molecule has 0 aromatic heterocycles. The molecular formula is C34H22N4Na2O8S2. The van der Waals surface area contributed by atoms with Crippen LogP contribution in [-0.4, -0.2) is 36.2 Å². The van der Waals surface area contributed by atoms with Gasteiger partial charge in [0.05, 0.1) is 21.2 Å². The molecule has 240 valence electrons. The quantitative estimate of drug-likeness (QED) is 0.103. The van der Waals surface area contributed by atoms with Gasteiger partial charge in [0, 0.05) is 10.8 Å². The van der Waals surface area contributed by atoms with Crippen LogP contribution in [0.25, 0.3) is 33.7 Å². The Balaban J connectivity index is 0.00000281. The van der Waals surface area contributed by atoms with Crippen LogP contribution in [0.15, 0.2) is 139 Å². The standard InChI is InChI=1S/C34H24N4O8S2.2Na/c39-29-17-13-21-5-1-3-7-27(21)33(29)37-35-25-15-11-23(31(19-25)47(41,42)43)9-10-24-12-16-26(20-32(24)48(44,45)46)36-38-34-28-8-4-2-6-22(28)14-18-30(34)40;;/h1-20,39-40H,(H,41,42,43)(H,44,45,46);;/q;2*+1/p-2/b10-9-,37-35?,38-36?;;. The summed E-state index contributed by atoms with van der Waals surface area (Å²) in [5.41, 5.74) is 0.0499. The molecule has 6 aromatic rings. The van der Waals surface area contributed by atoms with Gasteiger partial charge in [0.15, 0.2) is 0 Å². The second kappa shape index (κ2) is 16.0. The van der Waals surface area contributed by atoms with E-state index in [1.807, 2.05) is 24.3 Å². The Morgan fingerprint density at radius 2 is 0.880 bits per heavy atom. The Labute approximate surface area is 331 Å². The van der Waals surface area contributed by atoms with Gasteiger partial charge in [-0.3, -0.25) is 0 Å². The summed E-state index contributed by atoms with van der Waals surface area (Å²) in [4.78, 5) is -1.35. The molecule has 0 aliphatic rings. The van der Waals surface area contributed by atoms with Crippen molar-refractivity contribution in [2.75, 3.05) is 0 Å². The van der Waals surface area contributed by atoms with Crippen LogP contribution in [0.2, 0.25) is 0 Å². The molecule has 0 radical (unpaired) electrons. The number of aromatic hydroxyl groups is 2. The van der Waals surface area contributed by atoms with Crippen molar-refractivity contribution in [1.82, 2.24) is 0 Å². The van der Waals surface area contributed by atoms with Crippen LogP contribution in [0, 0.1) is 0 Å².